The quantitative estimate of drug-likeness (QED) is 0.589. The van der Waals surface area contributed by atoms with Crippen molar-refractivity contribution in [3.63, 3.8) is 0 Å². The van der Waals surface area contributed by atoms with Crippen molar-refractivity contribution in [2.45, 2.75) is 16.2 Å². The molecular weight excluding hydrogens is 432 g/mol. The minimum absolute atomic E-state index is 0.106. The second-order valence-electron chi connectivity index (χ2n) is 6.83. The van der Waals surface area contributed by atoms with Gasteiger partial charge in [-0.3, -0.25) is 14.4 Å². The van der Waals surface area contributed by atoms with E-state index in [2.05, 4.69) is 4.98 Å². The van der Waals surface area contributed by atoms with Crippen molar-refractivity contribution in [3.8, 4) is 5.75 Å². The first-order chi connectivity index (χ1) is 13.9. The van der Waals surface area contributed by atoms with Crippen molar-refractivity contribution >= 4 is 52.2 Å². The Hall–Kier alpha value is -2.55. The van der Waals surface area contributed by atoms with Crippen LogP contribution in [0.1, 0.15) is 16.4 Å². The molecule has 0 saturated carbocycles. The number of H-pyrrole nitrogens is 1. The number of carbonyl (C=O) groups is 2. The van der Waals surface area contributed by atoms with Gasteiger partial charge in [0.2, 0.25) is 11.8 Å². The number of imide groups is 1. The van der Waals surface area contributed by atoms with E-state index >= 15 is 0 Å². The molecule has 2 aliphatic rings. The molecule has 9 heteroatoms. The summed E-state index contributed by atoms with van der Waals surface area (Å²) in [6.45, 7) is 0. The molecule has 1 saturated heterocycles. The summed E-state index contributed by atoms with van der Waals surface area (Å²) in [5, 5.41) is 10.1. The molecule has 2 aromatic carbocycles. The average Bonchev–Trinajstić information content (AvgIpc) is 3.19. The van der Waals surface area contributed by atoms with E-state index in [1.165, 1.54) is 16.7 Å². The van der Waals surface area contributed by atoms with Crippen molar-refractivity contribution in [2.75, 3.05) is 4.90 Å². The summed E-state index contributed by atoms with van der Waals surface area (Å²) in [4.78, 5) is 43.2. The minimum atomic E-state index is -0.647. The SMILES string of the molecule is O=C1[C@@H]2[C@H](c3ccc(O)cc3)c3sc(=O)[nH]c3S[C@H]2C(=O)N1c1ccc(Cl)cc1. The number of benzene rings is 2. The maximum atomic E-state index is 13.4. The van der Waals surface area contributed by atoms with Crippen molar-refractivity contribution in [2.24, 2.45) is 5.92 Å². The fourth-order valence-electron chi connectivity index (χ4n) is 3.90. The molecule has 5 rings (SSSR count). The van der Waals surface area contributed by atoms with Crippen LogP contribution in [0.4, 0.5) is 5.69 Å². The molecule has 2 N–H and O–H groups in total. The number of thioether (sulfide) groups is 1. The molecule has 3 atom stereocenters. The van der Waals surface area contributed by atoms with Crippen molar-refractivity contribution < 1.29 is 14.7 Å². The lowest BCUT2D eigenvalue weighted by atomic mass is 9.83. The van der Waals surface area contributed by atoms with Gasteiger partial charge in [-0.15, -0.1) is 0 Å². The van der Waals surface area contributed by atoms with Gasteiger partial charge in [0.25, 0.3) is 0 Å². The predicted octanol–water partition coefficient (Wildman–Crippen LogP) is 3.59. The molecule has 0 aliphatic carbocycles. The molecule has 3 heterocycles. The average molecular weight is 445 g/mol. The lowest BCUT2D eigenvalue weighted by Crippen LogP contribution is -2.32. The smallest absolute Gasteiger partial charge is 0.305 e. The Labute approximate surface area is 178 Å². The maximum Gasteiger partial charge on any atom is 0.305 e. The number of hydrogen-bond donors (Lipinski definition) is 2. The van der Waals surface area contributed by atoms with Crippen LogP contribution in [0.3, 0.4) is 0 Å². The second kappa shape index (κ2) is 6.76. The highest BCUT2D eigenvalue weighted by Gasteiger charge is 2.56. The monoisotopic (exact) mass is 444 g/mol. The number of halogens is 1. The first-order valence-electron chi connectivity index (χ1n) is 8.76. The first kappa shape index (κ1) is 18.5. The molecule has 0 radical (unpaired) electrons. The third kappa shape index (κ3) is 2.90. The van der Waals surface area contributed by atoms with Crippen molar-refractivity contribution in [3.05, 3.63) is 73.7 Å². The van der Waals surface area contributed by atoms with Crippen molar-refractivity contribution in [1.82, 2.24) is 4.98 Å². The number of aromatic nitrogens is 1. The Morgan fingerprint density at radius 1 is 0.966 bits per heavy atom. The van der Waals surface area contributed by atoms with Crippen LogP contribution >= 0.6 is 34.7 Å². The van der Waals surface area contributed by atoms with E-state index in [4.69, 9.17) is 11.6 Å². The van der Waals surface area contributed by atoms with Crippen LogP contribution in [-0.4, -0.2) is 27.2 Å². The number of fused-ring (bicyclic) bond motifs is 2. The number of carbonyl (C=O) groups excluding carboxylic acids is 2. The molecule has 3 aromatic rings. The number of phenols is 1. The number of amides is 2. The predicted molar refractivity (Wildman–Crippen MR) is 112 cm³/mol. The van der Waals surface area contributed by atoms with Gasteiger partial charge in [0, 0.05) is 15.8 Å². The van der Waals surface area contributed by atoms with Gasteiger partial charge in [0.05, 0.1) is 16.6 Å². The van der Waals surface area contributed by atoms with Gasteiger partial charge in [-0.05, 0) is 42.0 Å². The van der Waals surface area contributed by atoms with Crippen LogP contribution < -0.4 is 9.77 Å². The maximum absolute atomic E-state index is 13.4. The first-order valence-corrected chi connectivity index (χ1v) is 10.8. The van der Waals surface area contributed by atoms with E-state index in [9.17, 15) is 19.5 Å². The van der Waals surface area contributed by atoms with E-state index in [1.807, 2.05) is 0 Å². The van der Waals surface area contributed by atoms with Gasteiger partial charge in [-0.2, -0.15) is 0 Å². The zero-order valence-corrected chi connectivity index (χ0v) is 17.1. The highest BCUT2D eigenvalue weighted by atomic mass is 35.5. The number of aromatic hydroxyl groups is 1. The standard InChI is InChI=1S/C20H13ClN2O4S2/c21-10-3-5-11(6-4-10)23-18(25)14-13(9-1-7-12(24)8-2-9)15-17(22-20(27)29-15)28-16(14)19(23)26/h1-8,13-14,16,24H,(H,22,27)/t13-,14+,16+/m0/s1. The van der Waals surface area contributed by atoms with Crippen LogP contribution in [0.2, 0.25) is 5.02 Å². The fraction of sp³-hybridized carbons (Fsp3) is 0.150. The molecule has 146 valence electrons. The third-order valence-corrected chi connectivity index (χ3v) is 7.81. The molecule has 0 spiro atoms. The van der Waals surface area contributed by atoms with Gasteiger partial charge < -0.3 is 10.1 Å². The van der Waals surface area contributed by atoms with E-state index in [0.29, 0.717) is 15.7 Å². The summed E-state index contributed by atoms with van der Waals surface area (Å²) in [6.07, 6.45) is 0. The van der Waals surface area contributed by atoms with Gasteiger partial charge in [-0.1, -0.05) is 46.8 Å². The number of phenolic OH excluding ortho intramolecular Hbond substituents is 1. The number of anilines is 1. The molecule has 0 unspecified atom stereocenters. The molecule has 1 aromatic heterocycles. The molecule has 6 nitrogen and oxygen atoms in total. The highest BCUT2D eigenvalue weighted by Crippen LogP contribution is 2.53. The topological polar surface area (TPSA) is 90.5 Å². The number of aromatic amines is 1. The Morgan fingerprint density at radius 2 is 1.66 bits per heavy atom. The lowest BCUT2D eigenvalue weighted by Gasteiger charge is -2.29. The summed E-state index contributed by atoms with van der Waals surface area (Å²) in [5.41, 5.74) is 1.24. The lowest BCUT2D eigenvalue weighted by molar-refractivity contribution is -0.122. The molecule has 0 bridgehead atoms. The highest BCUT2D eigenvalue weighted by molar-refractivity contribution is 8.00. The van der Waals surface area contributed by atoms with Crippen molar-refractivity contribution in [1.29, 1.82) is 0 Å². The fourth-order valence-corrected chi connectivity index (χ4v) is 6.54. The van der Waals surface area contributed by atoms with E-state index in [0.717, 1.165) is 21.8 Å². The van der Waals surface area contributed by atoms with E-state index < -0.39 is 17.1 Å². The summed E-state index contributed by atoms with van der Waals surface area (Å²) >= 11 is 8.23. The summed E-state index contributed by atoms with van der Waals surface area (Å²) in [6, 6.07) is 13.1. The Bertz CT molecular complexity index is 1190. The van der Waals surface area contributed by atoms with Crippen LogP contribution in [0, 0.1) is 5.92 Å². The second-order valence-corrected chi connectivity index (χ2v) is 9.43. The summed E-state index contributed by atoms with van der Waals surface area (Å²) < 4.78 is 0. The molecular formula is C20H13ClN2O4S2. The number of thiazole rings is 1. The minimum Gasteiger partial charge on any atom is -0.508 e. The Morgan fingerprint density at radius 3 is 2.34 bits per heavy atom. The molecule has 2 amide bonds. The third-order valence-electron chi connectivity index (χ3n) is 5.16. The summed E-state index contributed by atoms with van der Waals surface area (Å²) in [7, 11) is 0. The van der Waals surface area contributed by atoms with Gasteiger partial charge >= 0.3 is 4.87 Å². The number of nitrogens with one attached hydrogen (secondary N) is 1. The van der Waals surface area contributed by atoms with Gasteiger partial charge in [0.1, 0.15) is 11.0 Å². The zero-order chi connectivity index (χ0) is 20.3. The van der Waals surface area contributed by atoms with E-state index in [-0.39, 0.29) is 22.4 Å². The van der Waals surface area contributed by atoms with E-state index in [1.54, 1.807) is 48.5 Å². The molecule has 2 aliphatic heterocycles. The van der Waals surface area contributed by atoms with Gasteiger partial charge in [0.15, 0.2) is 0 Å². The zero-order valence-electron chi connectivity index (χ0n) is 14.7. The summed E-state index contributed by atoms with van der Waals surface area (Å²) in [5.74, 6) is -1.61. The number of nitrogens with zero attached hydrogens (tertiary/aromatic N) is 1. The van der Waals surface area contributed by atoms with Crippen LogP contribution in [-0.2, 0) is 9.59 Å². The normalized spacial score (nSPS) is 23.2. The number of hydrogen-bond acceptors (Lipinski definition) is 6. The Kier molecular flexibility index (Phi) is 4.31. The molecule has 29 heavy (non-hydrogen) atoms. The van der Waals surface area contributed by atoms with Crippen LogP contribution in [0.25, 0.3) is 0 Å². The Balaban J connectivity index is 1.64. The largest absolute Gasteiger partial charge is 0.508 e. The number of rotatable bonds is 2. The van der Waals surface area contributed by atoms with Crippen LogP contribution in [0.15, 0.2) is 58.4 Å². The van der Waals surface area contributed by atoms with Gasteiger partial charge in [-0.25, -0.2) is 4.90 Å². The molecule has 1 fully saturated rings. The van der Waals surface area contributed by atoms with Crippen LogP contribution in [0.5, 0.6) is 5.75 Å².